The summed E-state index contributed by atoms with van der Waals surface area (Å²) >= 11 is 20.5. The van der Waals surface area contributed by atoms with Crippen molar-refractivity contribution in [1.82, 2.24) is 0 Å². The monoisotopic (exact) mass is 460 g/mol. The molecule has 0 amide bonds. The third-order valence-corrected chi connectivity index (χ3v) is 0. The Morgan fingerprint density at radius 3 is 0.409 bits per heavy atom. The number of aliphatic hydroxyl groups is 5. The van der Waals surface area contributed by atoms with Crippen LogP contribution in [0.5, 0.6) is 0 Å². The number of hydrogen-bond acceptors (Lipinski definition) is 5. The van der Waals surface area contributed by atoms with Crippen LogP contribution in [0.1, 0.15) is 34.6 Å². The van der Waals surface area contributed by atoms with Crippen molar-refractivity contribution in [2.24, 2.45) is 0 Å². The number of rotatable bonds is 0. The zero-order valence-electron chi connectivity index (χ0n) is 11.8. The van der Waals surface area contributed by atoms with Crippen LogP contribution < -0.4 is 0 Å². The van der Waals surface area contributed by atoms with Gasteiger partial charge in [-0.3, -0.25) is 0 Å². The van der Waals surface area contributed by atoms with Crippen molar-refractivity contribution in [2.75, 3.05) is 0 Å². The van der Waals surface area contributed by atoms with Crippen LogP contribution in [0.15, 0.2) is 0 Å². The Morgan fingerprint density at radius 1 is 0.409 bits per heavy atom. The standard InChI is InChI=1S/5C2H4OS.2K.2H/c5*1-2(3)4;;;;/h5*1H3,(H,3,4);;;;. The summed E-state index contributed by atoms with van der Waals surface area (Å²) in [5, 5.41) is 38.9. The van der Waals surface area contributed by atoms with Crippen LogP contribution in [-0.4, -0.2) is 154 Å². The normalized spacial score (nSPS) is 5.68. The van der Waals surface area contributed by atoms with Crippen molar-refractivity contribution in [3.05, 3.63) is 0 Å². The molecule has 0 aromatic carbocycles. The van der Waals surface area contributed by atoms with E-state index in [9.17, 15) is 0 Å². The van der Waals surface area contributed by atoms with Crippen LogP contribution in [0.3, 0.4) is 0 Å². The maximum atomic E-state index is 7.79. The summed E-state index contributed by atoms with van der Waals surface area (Å²) in [6, 6.07) is 0. The van der Waals surface area contributed by atoms with E-state index < -0.39 is 0 Å². The molecule has 0 aromatic heterocycles. The van der Waals surface area contributed by atoms with Gasteiger partial charge in [0.25, 0.3) is 0 Å². The molecule has 0 fully saturated rings. The Bertz CT molecular complexity index is 224. The molecule has 0 bridgehead atoms. The van der Waals surface area contributed by atoms with Gasteiger partial charge >= 0.3 is 103 Å². The Morgan fingerprint density at radius 2 is 0.409 bits per heavy atom. The molecule has 124 valence electrons. The molecule has 5 N–H and O–H groups in total. The Balaban J connectivity index is -0.0000000250. The summed E-state index contributed by atoms with van der Waals surface area (Å²) in [6.45, 7) is 7.27. The van der Waals surface area contributed by atoms with E-state index in [1.165, 1.54) is 34.6 Å². The van der Waals surface area contributed by atoms with Crippen LogP contribution in [0.2, 0.25) is 0 Å². The van der Waals surface area contributed by atoms with E-state index in [-0.39, 0.29) is 128 Å². The van der Waals surface area contributed by atoms with E-state index in [1.807, 2.05) is 0 Å². The summed E-state index contributed by atoms with van der Waals surface area (Å²) in [5.74, 6) is 0. The summed E-state index contributed by atoms with van der Waals surface area (Å²) in [5.41, 5.74) is 0. The van der Waals surface area contributed by atoms with E-state index in [0.29, 0.717) is 0 Å². The maximum absolute atomic E-state index is 7.79. The van der Waals surface area contributed by atoms with Gasteiger partial charge in [-0.15, -0.1) is 0 Å². The van der Waals surface area contributed by atoms with E-state index in [1.54, 1.807) is 0 Å². The van der Waals surface area contributed by atoms with Crippen LogP contribution in [-0.2, 0) is 0 Å². The van der Waals surface area contributed by atoms with Gasteiger partial charge in [-0.05, 0) is 61.1 Å². The fourth-order valence-corrected chi connectivity index (χ4v) is 0. The predicted octanol–water partition coefficient (Wildman–Crippen LogP) is 3.16. The molecule has 0 aromatic rings. The fraction of sp³-hybridized carbons (Fsp3) is 0.500. The molecule has 0 unspecified atom stereocenters. The molecule has 0 atom stereocenters. The summed E-state index contributed by atoms with van der Waals surface area (Å²) in [7, 11) is 0. The Hall–Kier alpha value is 2.72. The Labute approximate surface area is 244 Å². The average molecular weight is 461 g/mol. The molecule has 0 saturated heterocycles. The second-order valence-corrected chi connectivity index (χ2v) is 5.55. The van der Waals surface area contributed by atoms with E-state index in [0.717, 1.165) is 0 Å². The van der Waals surface area contributed by atoms with Crippen LogP contribution in [0, 0.1) is 0 Å². The molecule has 22 heavy (non-hydrogen) atoms. The third-order valence-electron chi connectivity index (χ3n) is 0. The molecule has 0 spiro atoms. The van der Waals surface area contributed by atoms with E-state index in [2.05, 4.69) is 61.1 Å². The van der Waals surface area contributed by atoms with Crippen LogP contribution in [0.4, 0.5) is 0 Å². The summed E-state index contributed by atoms with van der Waals surface area (Å²) < 4.78 is 0. The molecule has 5 nitrogen and oxygen atoms in total. The average Bonchev–Trinajstić information content (AvgIpc) is 1.94. The molecule has 0 aliphatic heterocycles. The van der Waals surface area contributed by atoms with Gasteiger partial charge in [-0.1, -0.05) is 0 Å². The van der Waals surface area contributed by atoms with Gasteiger partial charge in [0, 0.05) is 34.6 Å². The van der Waals surface area contributed by atoms with E-state index >= 15 is 0 Å². The first-order valence-corrected chi connectivity index (χ1v) is 6.68. The molecule has 12 heteroatoms. The summed E-state index contributed by atoms with van der Waals surface area (Å²) in [6.07, 6.45) is 0. The van der Waals surface area contributed by atoms with Gasteiger partial charge in [-0.2, -0.15) is 0 Å². The van der Waals surface area contributed by atoms with Crippen molar-refractivity contribution in [3.63, 3.8) is 0 Å². The predicted molar refractivity (Wildman–Crippen MR) is 119 cm³/mol. The molecular weight excluding hydrogens is 439 g/mol. The molecule has 0 radical (unpaired) electrons. The molecule has 0 heterocycles. The van der Waals surface area contributed by atoms with Crippen molar-refractivity contribution >= 4 is 189 Å². The Kier molecular flexibility index (Phi) is 78.5. The first kappa shape index (κ1) is 44.3. The number of aliphatic hydroxyl groups excluding tert-OH is 5. The number of hydrogen-bond donors (Lipinski definition) is 5. The zero-order valence-corrected chi connectivity index (χ0v) is 15.9. The van der Waals surface area contributed by atoms with Gasteiger partial charge in [0.2, 0.25) is 0 Å². The van der Waals surface area contributed by atoms with Gasteiger partial charge in [0.05, 0.1) is 0 Å². The zero-order chi connectivity index (χ0) is 17.9. The molecule has 0 saturated carbocycles. The van der Waals surface area contributed by atoms with Gasteiger partial charge in [0.1, 0.15) is 0 Å². The first-order chi connectivity index (χ1) is 8.66. The van der Waals surface area contributed by atoms with Crippen molar-refractivity contribution < 1.29 is 25.5 Å². The SMILES string of the molecule is CC(O)=S.CC(O)=S.CC(O)=S.CC(O)=S.CC(O)=S.[KH].[KH]. The van der Waals surface area contributed by atoms with Crippen LogP contribution in [0.25, 0.3) is 0 Å². The quantitative estimate of drug-likeness (QED) is 0.274. The molecule has 0 aliphatic carbocycles. The van der Waals surface area contributed by atoms with Crippen molar-refractivity contribution in [2.45, 2.75) is 34.6 Å². The second-order valence-electron chi connectivity index (χ2n) is 2.60. The topological polar surface area (TPSA) is 101 Å². The van der Waals surface area contributed by atoms with E-state index in [4.69, 9.17) is 25.5 Å². The van der Waals surface area contributed by atoms with Gasteiger partial charge in [0.15, 0.2) is 25.3 Å². The first-order valence-electron chi connectivity index (χ1n) is 4.64. The van der Waals surface area contributed by atoms with Gasteiger partial charge in [-0.25, -0.2) is 0 Å². The second kappa shape index (κ2) is 39.0. The molecular formula is C10H22K2O5S5. The van der Waals surface area contributed by atoms with Crippen molar-refractivity contribution in [3.8, 4) is 0 Å². The van der Waals surface area contributed by atoms with Crippen molar-refractivity contribution in [1.29, 1.82) is 0 Å². The fourth-order valence-electron chi connectivity index (χ4n) is 0. The molecule has 0 rings (SSSR count). The minimum absolute atomic E-state index is 0. The third kappa shape index (κ3) is 1450. The summed E-state index contributed by atoms with van der Waals surface area (Å²) in [4.78, 5) is 0. The van der Waals surface area contributed by atoms with Crippen LogP contribution >= 0.6 is 61.1 Å². The minimum atomic E-state index is 0. The number of thiocarbonyl (C=S) groups is 5. The molecule has 0 aliphatic rings. The van der Waals surface area contributed by atoms with Gasteiger partial charge < -0.3 is 25.5 Å².